The SMILES string of the molecule is O=C(CSc1cc(N2CCN(c3ccccc3F)CC2)ncn1)Nc1ccccc1[N+](=O)[O-]. The third-order valence-electron chi connectivity index (χ3n) is 5.15. The fraction of sp³-hybridized carbons (Fsp3) is 0.227. The van der Waals surface area contributed by atoms with E-state index in [0.29, 0.717) is 36.9 Å². The van der Waals surface area contributed by atoms with Gasteiger partial charge in [-0.3, -0.25) is 14.9 Å². The first-order chi connectivity index (χ1) is 16.0. The van der Waals surface area contributed by atoms with Crippen molar-refractivity contribution in [3.63, 3.8) is 0 Å². The summed E-state index contributed by atoms with van der Waals surface area (Å²) >= 11 is 1.22. The van der Waals surface area contributed by atoms with E-state index in [0.717, 1.165) is 5.82 Å². The van der Waals surface area contributed by atoms with Crippen LogP contribution in [0.4, 0.5) is 27.3 Å². The summed E-state index contributed by atoms with van der Waals surface area (Å²) in [6.45, 7) is 2.67. The van der Waals surface area contributed by atoms with E-state index in [2.05, 4.69) is 20.2 Å². The fourth-order valence-electron chi connectivity index (χ4n) is 3.53. The Morgan fingerprint density at radius 2 is 1.76 bits per heavy atom. The molecule has 1 fully saturated rings. The van der Waals surface area contributed by atoms with Gasteiger partial charge in [0.05, 0.1) is 16.4 Å². The minimum absolute atomic E-state index is 0.0452. The van der Waals surface area contributed by atoms with E-state index in [-0.39, 0.29) is 28.9 Å². The number of amides is 1. The molecule has 2 aromatic carbocycles. The zero-order valence-electron chi connectivity index (χ0n) is 17.6. The van der Waals surface area contributed by atoms with Gasteiger partial charge in [-0.25, -0.2) is 14.4 Å². The minimum Gasteiger partial charge on any atom is -0.366 e. The number of thioether (sulfide) groups is 1. The van der Waals surface area contributed by atoms with Crippen LogP contribution in [0.3, 0.4) is 0 Å². The zero-order valence-corrected chi connectivity index (χ0v) is 18.4. The number of rotatable bonds is 7. The van der Waals surface area contributed by atoms with Gasteiger partial charge in [0.1, 0.15) is 28.7 Å². The van der Waals surface area contributed by atoms with Crippen LogP contribution in [0.5, 0.6) is 0 Å². The quantitative estimate of drug-likeness (QED) is 0.243. The topological polar surface area (TPSA) is 104 Å². The molecule has 170 valence electrons. The third-order valence-corrected chi connectivity index (χ3v) is 6.08. The molecule has 1 aliphatic rings. The number of nitrogens with zero attached hydrogens (tertiary/aromatic N) is 5. The maximum Gasteiger partial charge on any atom is 0.292 e. The van der Waals surface area contributed by atoms with Gasteiger partial charge in [0, 0.05) is 38.3 Å². The Morgan fingerprint density at radius 1 is 1.06 bits per heavy atom. The normalized spacial score (nSPS) is 13.6. The molecule has 2 heterocycles. The molecule has 0 radical (unpaired) electrons. The largest absolute Gasteiger partial charge is 0.366 e. The molecule has 1 saturated heterocycles. The molecule has 1 aromatic heterocycles. The number of hydrogen-bond acceptors (Lipinski definition) is 8. The maximum absolute atomic E-state index is 14.1. The molecule has 4 rings (SSSR count). The van der Waals surface area contributed by atoms with Crippen LogP contribution in [0.1, 0.15) is 0 Å². The van der Waals surface area contributed by atoms with Crippen LogP contribution in [-0.2, 0) is 4.79 Å². The van der Waals surface area contributed by atoms with Crippen LogP contribution < -0.4 is 15.1 Å². The lowest BCUT2D eigenvalue weighted by molar-refractivity contribution is -0.383. The van der Waals surface area contributed by atoms with Crippen molar-refractivity contribution < 1.29 is 14.1 Å². The van der Waals surface area contributed by atoms with Crippen LogP contribution in [0.15, 0.2) is 66.0 Å². The molecule has 0 bridgehead atoms. The number of piperazine rings is 1. The van der Waals surface area contributed by atoms with E-state index >= 15 is 0 Å². The van der Waals surface area contributed by atoms with Crippen molar-refractivity contribution in [1.29, 1.82) is 0 Å². The summed E-state index contributed by atoms with van der Waals surface area (Å²) < 4.78 is 14.1. The average Bonchev–Trinajstić information content (AvgIpc) is 2.84. The van der Waals surface area contributed by atoms with Crippen LogP contribution in [0, 0.1) is 15.9 Å². The molecule has 0 aliphatic carbocycles. The predicted octanol–water partition coefficient (Wildman–Crippen LogP) is 3.58. The van der Waals surface area contributed by atoms with Crippen molar-refractivity contribution in [2.24, 2.45) is 0 Å². The molecule has 0 saturated carbocycles. The van der Waals surface area contributed by atoms with Gasteiger partial charge in [0.2, 0.25) is 5.91 Å². The van der Waals surface area contributed by atoms with Crippen molar-refractivity contribution in [3.8, 4) is 0 Å². The van der Waals surface area contributed by atoms with E-state index < -0.39 is 4.92 Å². The van der Waals surface area contributed by atoms with Crippen molar-refractivity contribution in [2.75, 3.05) is 47.0 Å². The van der Waals surface area contributed by atoms with Gasteiger partial charge in [-0.05, 0) is 18.2 Å². The number of benzene rings is 2. The summed E-state index contributed by atoms with van der Waals surface area (Å²) in [5.74, 6) is 0.183. The van der Waals surface area contributed by atoms with Crippen molar-refractivity contribution >= 4 is 40.5 Å². The summed E-state index contributed by atoms with van der Waals surface area (Å²) in [5.41, 5.74) is 0.597. The number of para-hydroxylation sites is 3. The summed E-state index contributed by atoms with van der Waals surface area (Å²) in [6.07, 6.45) is 1.45. The van der Waals surface area contributed by atoms with Crippen molar-refractivity contribution in [1.82, 2.24) is 9.97 Å². The maximum atomic E-state index is 14.1. The standard InChI is InChI=1S/C22H21FN6O3S/c23-16-5-1-3-7-18(16)27-9-11-28(12-10-27)20-13-22(25-15-24-20)33-14-21(30)26-17-6-2-4-8-19(17)29(31)32/h1-8,13,15H,9-12,14H2,(H,26,30). The smallest absolute Gasteiger partial charge is 0.292 e. The summed E-state index contributed by atoms with van der Waals surface area (Å²) in [6, 6.07) is 14.5. The highest BCUT2D eigenvalue weighted by molar-refractivity contribution is 7.99. The zero-order chi connectivity index (χ0) is 23.2. The summed E-state index contributed by atoms with van der Waals surface area (Å²) in [7, 11) is 0. The molecule has 1 N–H and O–H groups in total. The average molecular weight is 469 g/mol. The molecule has 3 aromatic rings. The van der Waals surface area contributed by atoms with E-state index in [4.69, 9.17) is 0 Å². The predicted molar refractivity (Wildman–Crippen MR) is 125 cm³/mol. The Balaban J connectivity index is 1.33. The second-order valence-corrected chi connectivity index (χ2v) is 8.25. The molecule has 1 amide bonds. The summed E-state index contributed by atoms with van der Waals surface area (Å²) in [5, 5.41) is 14.3. The Bertz CT molecular complexity index is 1160. The van der Waals surface area contributed by atoms with Crippen molar-refractivity contribution in [2.45, 2.75) is 5.03 Å². The lowest BCUT2D eigenvalue weighted by Gasteiger charge is -2.36. The molecule has 9 nitrogen and oxygen atoms in total. The number of carbonyl (C=O) groups excluding carboxylic acids is 1. The van der Waals surface area contributed by atoms with E-state index in [1.54, 1.807) is 24.3 Å². The Labute approximate surface area is 193 Å². The number of hydrogen-bond donors (Lipinski definition) is 1. The van der Waals surface area contributed by atoms with Gasteiger partial charge in [-0.15, -0.1) is 0 Å². The monoisotopic (exact) mass is 468 g/mol. The molecule has 33 heavy (non-hydrogen) atoms. The highest BCUT2D eigenvalue weighted by atomic mass is 32.2. The number of aromatic nitrogens is 2. The summed E-state index contributed by atoms with van der Waals surface area (Å²) in [4.78, 5) is 35.5. The molecule has 11 heteroatoms. The minimum atomic E-state index is -0.536. The van der Waals surface area contributed by atoms with E-state index in [1.165, 1.54) is 36.3 Å². The second kappa shape index (κ2) is 10.3. The number of anilines is 3. The molecule has 1 aliphatic heterocycles. The lowest BCUT2D eigenvalue weighted by atomic mass is 10.2. The van der Waals surface area contributed by atoms with Crippen LogP contribution in [0.25, 0.3) is 0 Å². The molecule has 0 spiro atoms. The van der Waals surface area contributed by atoms with E-state index in [1.807, 2.05) is 17.0 Å². The van der Waals surface area contributed by atoms with Crippen LogP contribution in [-0.4, -0.2) is 52.7 Å². The molecule has 0 atom stereocenters. The van der Waals surface area contributed by atoms with Crippen LogP contribution >= 0.6 is 11.8 Å². The third kappa shape index (κ3) is 5.55. The molecular weight excluding hydrogens is 447 g/mol. The molecular formula is C22H21FN6O3S. The number of nitro benzene ring substituents is 1. The second-order valence-electron chi connectivity index (χ2n) is 7.25. The Kier molecular flexibility index (Phi) is 6.98. The number of halogens is 1. The van der Waals surface area contributed by atoms with Crippen LogP contribution in [0.2, 0.25) is 0 Å². The van der Waals surface area contributed by atoms with Gasteiger partial charge in [-0.1, -0.05) is 36.0 Å². The van der Waals surface area contributed by atoms with Gasteiger partial charge >= 0.3 is 0 Å². The molecule has 0 unspecified atom stereocenters. The highest BCUT2D eigenvalue weighted by Gasteiger charge is 2.21. The van der Waals surface area contributed by atoms with Gasteiger partial charge < -0.3 is 15.1 Å². The number of nitro groups is 1. The fourth-order valence-corrected chi connectivity index (χ4v) is 4.19. The first kappa shape index (κ1) is 22.5. The van der Waals surface area contributed by atoms with E-state index in [9.17, 15) is 19.3 Å². The Hall–Kier alpha value is -3.73. The van der Waals surface area contributed by atoms with Crippen molar-refractivity contribution in [3.05, 3.63) is 76.9 Å². The number of carbonyl (C=O) groups is 1. The first-order valence-electron chi connectivity index (χ1n) is 10.2. The highest BCUT2D eigenvalue weighted by Crippen LogP contribution is 2.26. The van der Waals surface area contributed by atoms with Gasteiger partial charge in [-0.2, -0.15) is 0 Å². The lowest BCUT2D eigenvalue weighted by Crippen LogP contribution is -2.47. The first-order valence-corrected chi connectivity index (χ1v) is 11.2. The number of nitrogens with one attached hydrogen (secondary N) is 1. The van der Waals surface area contributed by atoms with Gasteiger partial charge in [0.25, 0.3) is 5.69 Å². The van der Waals surface area contributed by atoms with Gasteiger partial charge in [0.15, 0.2) is 0 Å². The Morgan fingerprint density at radius 3 is 2.52 bits per heavy atom.